The third-order valence-corrected chi connectivity index (χ3v) is 14.2. The van der Waals surface area contributed by atoms with Gasteiger partial charge in [-0.1, -0.05) is 69.9 Å². The van der Waals surface area contributed by atoms with E-state index < -0.39 is 63.0 Å². The van der Waals surface area contributed by atoms with Crippen LogP contribution in [0.3, 0.4) is 0 Å². The molecule has 3 aliphatic carbocycles. The van der Waals surface area contributed by atoms with Crippen LogP contribution in [0.15, 0.2) is 17.0 Å². The summed E-state index contributed by atoms with van der Waals surface area (Å²) >= 11 is 0. The van der Waals surface area contributed by atoms with E-state index in [9.17, 15) is 34.0 Å². The molecule has 3 fully saturated rings. The molecule has 1 aromatic carbocycles. The molecule has 16 heteroatoms. The summed E-state index contributed by atoms with van der Waals surface area (Å²) in [4.78, 5) is -1.12. The Morgan fingerprint density at radius 3 is 1.32 bits per heavy atom. The Morgan fingerprint density at radius 1 is 0.591 bits per heavy atom. The van der Waals surface area contributed by atoms with Crippen LogP contribution in [-0.4, -0.2) is 47.9 Å². The molecule has 7 nitrogen and oxygen atoms in total. The molecule has 0 aromatic heterocycles. The highest BCUT2D eigenvalue weighted by Crippen LogP contribution is 2.55. The van der Waals surface area contributed by atoms with Gasteiger partial charge in [-0.2, -0.15) is 26.3 Å². The molecule has 0 radical (unpaired) electrons. The summed E-state index contributed by atoms with van der Waals surface area (Å²) in [7, 11) is -18.9. The van der Waals surface area contributed by atoms with E-state index in [0.717, 1.165) is 44.9 Å². The van der Waals surface area contributed by atoms with Gasteiger partial charge in [0, 0.05) is 0 Å². The molecule has 3 saturated carbocycles. The van der Waals surface area contributed by atoms with Crippen LogP contribution in [0, 0.1) is 0 Å². The summed E-state index contributed by atoms with van der Waals surface area (Å²) in [5, 5.41) is -13.5. The van der Waals surface area contributed by atoms with Crippen molar-refractivity contribution in [2.24, 2.45) is 0 Å². The average molecular weight is 696 g/mol. The summed E-state index contributed by atoms with van der Waals surface area (Å²) in [5.41, 5.74) is 0.499. The zero-order valence-electron chi connectivity index (χ0n) is 24.4. The highest BCUT2D eigenvalue weighted by molar-refractivity contribution is 8.05. The number of alkyl halides is 6. The Kier molecular flexibility index (Phi) is 10.2. The Balaban J connectivity index is 1.97. The van der Waals surface area contributed by atoms with Gasteiger partial charge in [0.15, 0.2) is 0 Å². The van der Waals surface area contributed by atoms with Crippen LogP contribution < -0.4 is 4.13 Å². The second-order valence-corrected chi connectivity index (χ2v) is 18.2. The molecule has 0 atom stereocenters. The van der Waals surface area contributed by atoms with Crippen LogP contribution in [0.1, 0.15) is 131 Å². The summed E-state index contributed by atoms with van der Waals surface area (Å²) in [6, 6.07) is 2.94. The molecular formula is C28H39F6NO6S3. The van der Waals surface area contributed by atoms with E-state index in [0.29, 0.717) is 56.9 Å². The van der Waals surface area contributed by atoms with Gasteiger partial charge in [-0.25, -0.2) is 25.3 Å². The first kappa shape index (κ1) is 35.5. The molecule has 0 bridgehead atoms. The van der Waals surface area contributed by atoms with Gasteiger partial charge in [-0.15, -0.1) is 4.13 Å². The lowest BCUT2D eigenvalue weighted by atomic mass is 9.76. The lowest BCUT2D eigenvalue weighted by Gasteiger charge is -2.35. The minimum absolute atomic E-state index is 0.0105. The molecule has 4 rings (SSSR count). The minimum atomic E-state index is -7.06. The van der Waals surface area contributed by atoms with Crippen molar-refractivity contribution in [2.75, 3.05) is 6.26 Å². The van der Waals surface area contributed by atoms with Crippen molar-refractivity contribution in [3.63, 3.8) is 0 Å². The fourth-order valence-electron chi connectivity index (χ4n) is 7.00. The Labute approximate surface area is 255 Å². The maximum atomic E-state index is 15.8. The van der Waals surface area contributed by atoms with Crippen LogP contribution in [-0.2, 0) is 29.9 Å². The van der Waals surface area contributed by atoms with Crippen molar-refractivity contribution in [2.45, 2.75) is 135 Å². The molecule has 1 N–H and O–H groups in total. The standard InChI is InChI=1S/C28H39F6NO6S3/c1-42(36,37)35-44(40,41)28(33,34)26(29,30)27(31,32)43(38,39)25-23(20-13-7-3-8-14-20)17-22(19-11-5-2-6-12-19)18-24(25)21-15-9-4-10-16-21/h17-21,35H,2-16H2,1H3. The van der Waals surface area contributed by atoms with Crippen molar-refractivity contribution >= 4 is 29.9 Å². The molecule has 1 aromatic rings. The van der Waals surface area contributed by atoms with E-state index in [1.165, 1.54) is 12.1 Å². The quantitative estimate of drug-likeness (QED) is 0.257. The van der Waals surface area contributed by atoms with Gasteiger partial charge < -0.3 is 0 Å². The number of nitrogens with one attached hydrogen (secondary N) is 1. The van der Waals surface area contributed by atoms with Crippen molar-refractivity contribution in [3.8, 4) is 0 Å². The zero-order chi connectivity index (χ0) is 32.8. The van der Waals surface area contributed by atoms with Gasteiger partial charge in [0.2, 0.25) is 10.0 Å². The Hall–Kier alpha value is -1.39. The Bertz CT molecular complexity index is 1490. The van der Waals surface area contributed by atoms with Crippen LogP contribution in [0.4, 0.5) is 26.3 Å². The molecule has 44 heavy (non-hydrogen) atoms. The largest absolute Gasteiger partial charge is 0.429 e. The molecule has 0 amide bonds. The van der Waals surface area contributed by atoms with Gasteiger partial charge in [0.1, 0.15) is 0 Å². The molecular weight excluding hydrogens is 656 g/mol. The third kappa shape index (κ3) is 6.55. The zero-order valence-corrected chi connectivity index (χ0v) is 26.9. The third-order valence-electron chi connectivity index (χ3n) is 9.27. The molecule has 0 aliphatic heterocycles. The molecule has 0 heterocycles. The summed E-state index contributed by atoms with van der Waals surface area (Å²) in [6.45, 7) is 0. The van der Waals surface area contributed by atoms with E-state index in [1.807, 2.05) is 0 Å². The fraction of sp³-hybridized carbons (Fsp3) is 0.786. The summed E-state index contributed by atoms with van der Waals surface area (Å²) in [6.07, 6.45) is 9.97. The molecule has 3 aliphatic rings. The van der Waals surface area contributed by atoms with Crippen molar-refractivity contribution in [1.82, 2.24) is 4.13 Å². The number of halogens is 6. The van der Waals surface area contributed by atoms with Gasteiger partial charge in [0.25, 0.3) is 19.9 Å². The summed E-state index contributed by atoms with van der Waals surface area (Å²) in [5.74, 6) is -8.30. The highest BCUT2D eigenvalue weighted by Gasteiger charge is 2.82. The van der Waals surface area contributed by atoms with Crippen molar-refractivity contribution < 1.29 is 51.6 Å². The van der Waals surface area contributed by atoms with E-state index in [-0.39, 0.29) is 27.4 Å². The van der Waals surface area contributed by atoms with Gasteiger partial charge in [-0.05, 0) is 73.0 Å². The smallest absolute Gasteiger partial charge is 0.217 e. The lowest BCUT2D eigenvalue weighted by molar-refractivity contribution is -0.243. The number of benzene rings is 1. The van der Waals surface area contributed by atoms with Gasteiger partial charge >= 0.3 is 16.4 Å². The SMILES string of the molecule is CS(=O)(=O)NS(=O)(=O)C(F)(F)C(F)(F)C(F)(F)S(=O)(=O)c1c(C2CCCCC2)cc(C2CCCCC2)cc1C1CCCCC1. The predicted octanol–water partition coefficient (Wildman–Crippen LogP) is 7.30. The first-order valence-corrected chi connectivity index (χ1v) is 19.9. The van der Waals surface area contributed by atoms with Crippen molar-refractivity contribution in [3.05, 3.63) is 28.8 Å². The van der Waals surface area contributed by atoms with Gasteiger partial charge in [0.05, 0.1) is 11.2 Å². The molecule has 0 unspecified atom stereocenters. The normalized spacial score (nSPS) is 21.4. The van der Waals surface area contributed by atoms with Crippen LogP contribution >= 0.6 is 0 Å². The van der Waals surface area contributed by atoms with E-state index >= 15 is 17.6 Å². The molecule has 252 valence electrons. The first-order chi connectivity index (χ1) is 20.2. The number of hydrogen-bond donors (Lipinski definition) is 1. The minimum Gasteiger partial charge on any atom is -0.217 e. The highest BCUT2D eigenvalue weighted by atomic mass is 32.3. The van der Waals surface area contributed by atoms with Crippen molar-refractivity contribution in [1.29, 1.82) is 0 Å². The van der Waals surface area contributed by atoms with E-state index in [1.54, 1.807) is 0 Å². The number of hydrogen-bond acceptors (Lipinski definition) is 6. The fourth-order valence-corrected chi connectivity index (χ4v) is 11.3. The lowest BCUT2D eigenvalue weighted by Crippen LogP contribution is -2.63. The monoisotopic (exact) mass is 695 g/mol. The maximum Gasteiger partial charge on any atom is 0.429 e. The number of rotatable bonds is 10. The van der Waals surface area contributed by atoms with Crippen LogP contribution in [0.5, 0.6) is 0 Å². The number of sulfonamides is 2. The topological polar surface area (TPSA) is 114 Å². The maximum absolute atomic E-state index is 15.8. The van der Waals surface area contributed by atoms with Crippen LogP contribution in [0.2, 0.25) is 0 Å². The van der Waals surface area contributed by atoms with E-state index in [4.69, 9.17) is 0 Å². The predicted molar refractivity (Wildman–Crippen MR) is 153 cm³/mol. The molecule has 0 saturated heterocycles. The molecule has 0 spiro atoms. The first-order valence-electron chi connectivity index (χ1n) is 15.0. The Morgan fingerprint density at radius 2 is 0.955 bits per heavy atom. The average Bonchev–Trinajstić information content (AvgIpc) is 2.96. The second-order valence-electron chi connectivity index (χ2n) is 12.5. The summed E-state index contributed by atoms with van der Waals surface area (Å²) < 4.78 is 167. The van der Waals surface area contributed by atoms with Crippen LogP contribution in [0.25, 0.3) is 0 Å². The van der Waals surface area contributed by atoms with E-state index in [2.05, 4.69) is 0 Å². The number of sulfone groups is 1. The second kappa shape index (κ2) is 12.7. The van der Waals surface area contributed by atoms with Gasteiger partial charge in [-0.3, -0.25) is 0 Å².